The van der Waals surface area contributed by atoms with Crippen LogP contribution in [0.5, 0.6) is 0 Å². The number of amidine groups is 1. The van der Waals surface area contributed by atoms with E-state index in [0.29, 0.717) is 5.69 Å². The molecular formula is C12H16N4O. The number of benzene rings is 1. The summed E-state index contributed by atoms with van der Waals surface area (Å²) in [5.41, 5.74) is 17.8. The zero-order chi connectivity index (χ0) is 12.8. The Morgan fingerprint density at radius 3 is 2.65 bits per heavy atom. The lowest BCUT2D eigenvalue weighted by Crippen LogP contribution is -2.27. The van der Waals surface area contributed by atoms with E-state index >= 15 is 0 Å². The zero-order valence-electron chi connectivity index (χ0n) is 9.68. The molecule has 0 heterocycles. The minimum Gasteiger partial charge on any atom is -0.404 e. The number of nitrogens with zero attached hydrogens (tertiary/aromatic N) is 1. The third kappa shape index (κ3) is 3.34. The number of aliphatic imine (C=N–C) groups is 1. The fourth-order valence-electron chi connectivity index (χ4n) is 1.34. The number of rotatable bonds is 4. The van der Waals surface area contributed by atoms with Crippen molar-refractivity contribution in [1.29, 1.82) is 0 Å². The van der Waals surface area contributed by atoms with Gasteiger partial charge in [0, 0.05) is 6.20 Å². The minimum absolute atomic E-state index is 0.0203. The summed E-state index contributed by atoms with van der Waals surface area (Å²) in [6.07, 6.45) is 1.96. The van der Waals surface area contributed by atoms with Crippen LogP contribution in [0.4, 0.5) is 5.69 Å². The first-order chi connectivity index (χ1) is 8.08. The largest absolute Gasteiger partial charge is 0.404 e. The van der Waals surface area contributed by atoms with E-state index in [9.17, 15) is 4.79 Å². The van der Waals surface area contributed by atoms with Gasteiger partial charge in [0.2, 0.25) is 0 Å². The van der Waals surface area contributed by atoms with Gasteiger partial charge in [-0.15, -0.1) is 0 Å². The van der Waals surface area contributed by atoms with Crippen LogP contribution in [0.2, 0.25) is 0 Å². The van der Waals surface area contributed by atoms with E-state index in [-0.39, 0.29) is 11.4 Å². The van der Waals surface area contributed by atoms with Crippen LogP contribution in [0.25, 0.3) is 0 Å². The van der Waals surface area contributed by atoms with Gasteiger partial charge in [-0.05, 0) is 24.1 Å². The van der Waals surface area contributed by atoms with Crippen molar-refractivity contribution in [3.05, 3.63) is 41.6 Å². The standard InChI is InChI=1S/C12H16N4O/c1-2-8-4-3-5-9(6-8)16-11(14)10(7-13)12(15)17/h3-7H,2,13H2,1H3,(H2,14,16)(H2,15,17). The highest BCUT2D eigenvalue weighted by molar-refractivity contribution is 6.20. The van der Waals surface area contributed by atoms with Crippen molar-refractivity contribution in [2.45, 2.75) is 13.3 Å². The molecule has 0 fully saturated rings. The molecule has 0 unspecified atom stereocenters. The monoisotopic (exact) mass is 232 g/mol. The van der Waals surface area contributed by atoms with Crippen molar-refractivity contribution >= 4 is 17.4 Å². The molecule has 0 aliphatic rings. The molecule has 0 radical (unpaired) electrons. The molecule has 1 aromatic rings. The summed E-state index contributed by atoms with van der Waals surface area (Å²) >= 11 is 0. The number of hydrogen-bond acceptors (Lipinski definition) is 3. The number of hydrogen-bond donors (Lipinski definition) is 3. The van der Waals surface area contributed by atoms with Crippen molar-refractivity contribution in [3.8, 4) is 0 Å². The van der Waals surface area contributed by atoms with Crippen LogP contribution in [-0.4, -0.2) is 11.7 Å². The zero-order valence-corrected chi connectivity index (χ0v) is 9.68. The molecule has 17 heavy (non-hydrogen) atoms. The van der Waals surface area contributed by atoms with Gasteiger partial charge in [0.15, 0.2) is 0 Å². The molecule has 90 valence electrons. The first kappa shape index (κ1) is 12.8. The molecule has 0 aromatic heterocycles. The molecule has 0 aliphatic heterocycles. The van der Waals surface area contributed by atoms with E-state index in [1.165, 1.54) is 0 Å². The first-order valence-electron chi connectivity index (χ1n) is 5.23. The molecule has 0 bridgehead atoms. The van der Waals surface area contributed by atoms with Gasteiger partial charge < -0.3 is 17.2 Å². The van der Waals surface area contributed by atoms with Gasteiger partial charge in [0.25, 0.3) is 5.91 Å². The van der Waals surface area contributed by atoms with E-state index in [4.69, 9.17) is 17.2 Å². The van der Waals surface area contributed by atoms with Gasteiger partial charge in [-0.1, -0.05) is 19.1 Å². The fourth-order valence-corrected chi connectivity index (χ4v) is 1.34. The van der Waals surface area contributed by atoms with Gasteiger partial charge >= 0.3 is 0 Å². The third-order valence-corrected chi connectivity index (χ3v) is 2.28. The molecule has 5 nitrogen and oxygen atoms in total. The summed E-state index contributed by atoms with van der Waals surface area (Å²) in [5.74, 6) is -0.673. The van der Waals surface area contributed by atoms with Crippen LogP contribution >= 0.6 is 0 Å². The van der Waals surface area contributed by atoms with Gasteiger partial charge in [-0.25, -0.2) is 4.99 Å². The Balaban J connectivity index is 3.05. The normalized spacial score (nSPS) is 12.5. The Morgan fingerprint density at radius 1 is 1.41 bits per heavy atom. The molecule has 0 saturated heterocycles. The number of carbonyl (C=O) groups excluding carboxylic acids is 1. The Kier molecular flexibility index (Phi) is 4.28. The highest BCUT2D eigenvalue weighted by Crippen LogP contribution is 2.15. The van der Waals surface area contributed by atoms with Gasteiger partial charge in [0.05, 0.1) is 11.3 Å². The van der Waals surface area contributed by atoms with Gasteiger partial charge in [-0.2, -0.15) is 0 Å². The van der Waals surface area contributed by atoms with Gasteiger partial charge in [0.1, 0.15) is 5.84 Å². The number of nitrogens with two attached hydrogens (primary N) is 3. The SMILES string of the molecule is CCc1cccc(N=C(N)C(=CN)C(N)=O)c1. The molecule has 0 atom stereocenters. The van der Waals surface area contributed by atoms with Crippen molar-refractivity contribution in [2.24, 2.45) is 22.2 Å². The number of carbonyl (C=O) groups is 1. The summed E-state index contributed by atoms with van der Waals surface area (Å²) in [5, 5.41) is 0. The molecule has 1 amide bonds. The summed E-state index contributed by atoms with van der Waals surface area (Å²) in [4.78, 5) is 15.1. The minimum atomic E-state index is -0.694. The van der Waals surface area contributed by atoms with Crippen LogP contribution in [-0.2, 0) is 11.2 Å². The van der Waals surface area contributed by atoms with Crippen LogP contribution in [0.3, 0.4) is 0 Å². The average molecular weight is 232 g/mol. The van der Waals surface area contributed by atoms with E-state index < -0.39 is 5.91 Å². The first-order valence-corrected chi connectivity index (χ1v) is 5.23. The smallest absolute Gasteiger partial charge is 0.253 e. The number of primary amides is 1. The summed E-state index contributed by atoms with van der Waals surface area (Å²) in [6, 6.07) is 7.55. The molecule has 0 aliphatic carbocycles. The van der Waals surface area contributed by atoms with E-state index in [2.05, 4.69) is 4.99 Å². The molecule has 1 aromatic carbocycles. The summed E-state index contributed by atoms with van der Waals surface area (Å²) in [7, 11) is 0. The maximum atomic E-state index is 11.0. The molecular weight excluding hydrogens is 216 g/mol. The highest BCUT2D eigenvalue weighted by atomic mass is 16.1. The molecule has 5 heteroatoms. The highest BCUT2D eigenvalue weighted by Gasteiger charge is 2.08. The van der Waals surface area contributed by atoms with Crippen molar-refractivity contribution in [2.75, 3.05) is 0 Å². The number of aryl methyl sites for hydroxylation is 1. The summed E-state index contributed by atoms with van der Waals surface area (Å²) in [6.45, 7) is 2.04. The van der Waals surface area contributed by atoms with Crippen LogP contribution in [0, 0.1) is 0 Å². The predicted molar refractivity (Wildman–Crippen MR) is 68.6 cm³/mol. The van der Waals surface area contributed by atoms with Crippen molar-refractivity contribution in [3.63, 3.8) is 0 Å². The van der Waals surface area contributed by atoms with Crippen LogP contribution in [0.1, 0.15) is 12.5 Å². The van der Waals surface area contributed by atoms with Crippen molar-refractivity contribution in [1.82, 2.24) is 0 Å². The maximum absolute atomic E-state index is 11.0. The van der Waals surface area contributed by atoms with E-state index in [0.717, 1.165) is 18.2 Å². The Morgan fingerprint density at radius 2 is 2.12 bits per heavy atom. The quantitative estimate of drug-likeness (QED) is 0.401. The summed E-state index contributed by atoms with van der Waals surface area (Å²) < 4.78 is 0. The number of amides is 1. The Labute approximate surface area is 100 Å². The maximum Gasteiger partial charge on any atom is 0.253 e. The lowest BCUT2D eigenvalue weighted by Gasteiger charge is -2.03. The molecule has 1 rings (SSSR count). The lowest BCUT2D eigenvalue weighted by atomic mass is 10.1. The Bertz CT molecular complexity index is 477. The molecule has 6 N–H and O–H groups in total. The second-order valence-electron chi connectivity index (χ2n) is 3.47. The van der Waals surface area contributed by atoms with E-state index in [1.807, 2.05) is 25.1 Å². The topological polar surface area (TPSA) is 107 Å². The van der Waals surface area contributed by atoms with Gasteiger partial charge in [-0.3, -0.25) is 4.79 Å². The van der Waals surface area contributed by atoms with Crippen LogP contribution < -0.4 is 17.2 Å². The predicted octanol–water partition coefficient (Wildman–Crippen LogP) is 0.566. The average Bonchev–Trinajstić information content (AvgIpc) is 2.29. The Hall–Kier alpha value is -2.30. The van der Waals surface area contributed by atoms with Crippen LogP contribution in [0.15, 0.2) is 41.0 Å². The lowest BCUT2D eigenvalue weighted by molar-refractivity contribution is -0.114. The second-order valence-corrected chi connectivity index (χ2v) is 3.47. The van der Waals surface area contributed by atoms with E-state index in [1.54, 1.807) is 6.07 Å². The molecule has 0 saturated carbocycles. The second kappa shape index (κ2) is 5.69. The fraction of sp³-hybridized carbons (Fsp3) is 0.167. The van der Waals surface area contributed by atoms with Crippen molar-refractivity contribution < 1.29 is 4.79 Å². The molecule has 0 spiro atoms. The third-order valence-electron chi connectivity index (χ3n) is 2.28.